The first-order valence-corrected chi connectivity index (χ1v) is 11.1. The van der Waals surface area contributed by atoms with Crippen LogP contribution in [0.5, 0.6) is 0 Å². The van der Waals surface area contributed by atoms with Crippen molar-refractivity contribution in [2.45, 2.75) is 48.5 Å². The summed E-state index contributed by atoms with van der Waals surface area (Å²) in [4.78, 5) is 0. The van der Waals surface area contributed by atoms with Gasteiger partial charge in [-0.3, -0.25) is 0 Å². The Kier molecular flexibility index (Phi) is 6.19. The molecule has 0 saturated heterocycles. The van der Waals surface area contributed by atoms with Gasteiger partial charge in [0.1, 0.15) is 0 Å². The van der Waals surface area contributed by atoms with Crippen molar-refractivity contribution in [3.8, 4) is 0 Å². The minimum atomic E-state index is 0.247. The fourth-order valence-electron chi connectivity index (χ4n) is 5.01. The Morgan fingerprint density at radius 2 is 0.714 bits per heavy atom. The van der Waals surface area contributed by atoms with Gasteiger partial charge in [-0.25, -0.2) is 0 Å². The van der Waals surface area contributed by atoms with Gasteiger partial charge in [0.2, 0.25) is 6.71 Å². The summed E-state index contributed by atoms with van der Waals surface area (Å²) in [6, 6.07) is 13.9. The van der Waals surface area contributed by atoms with Crippen LogP contribution in [0, 0.1) is 48.5 Å². The summed E-state index contributed by atoms with van der Waals surface area (Å²) >= 11 is 0. The summed E-state index contributed by atoms with van der Waals surface area (Å²) in [5.41, 5.74) is 13.9. The van der Waals surface area contributed by atoms with Crippen molar-refractivity contribution >= 4 is 52.2 Å². The van der Waals surface area contributed by atoms with Crippen molar-refractivity contribution in [1.82, 2.24) is 0 Å². The molecule has 0 heterocycles. The van der Waals surface area contributed by atoms with Crippen LogP contribution in [0.2, 0.25) is 0 Å². The van der Waals surface area contributed by atoms with Crippen LogP contribution in [0.1, 0.15) is 38.9 Å². The van der Waals surface area contributed by atoms with E-state index >= 15 is 0 Å². The molecule has 3 aromatic rings. The average Bonchev–Trinajstić information content (AvgIpc) is 2.51. The molecular weight excluding hydrogens is 373 g/mol. The largest absolute Gasteiger partial charge is 0.243 e. The van der Waals surface area contributed by atoms with E-state index in [-0.39, 0.29) is 6.71 Å². The zero-order valence-corrected chi connectivity index (χ0v) is 20.5. The van der Waals surface area contributed by atoms with Crippen LogP contribution in [-0.4, -0.2) is 6.71 Å². The smallest absolute Gasteiger partial charge is 0.106 e. The monoisotopic (exact) mass is 404 g/mol. The predicted octanol–water partition coefficient (Wildman–Crippen LogP) is 3.36. The zero-order valence-electron chi connectivity index (χ0n) is 18.2. The van der Waals surface area contributed by atoms with E-state index in [1.54, 1.807) is 0 Å². The molecule has 0 aromatic heterocycles. The molecule has 0 radical (unpaired) electrons. The highest BCUT2D eigenvalue weighted by atomic mass is 31.0. The highest BCUT2D eigenvalue weighted by molar-refractivity contribution is 7.27. The van der Waals surface area contributed by atoms with Crippen molar-refractivity contribution < 1.29 is 0 Å². The molecule has 0 aliphatic rings. The Morgan fingerprint density at radius 1 is 0.464 bits per heavy atom. The molecular formula is C25H31BP2. The molecule has 0 aliphatic carbocycles. The molecule has 0 fully saturated rings. The first-order valence-electron chi connectivity index (χ1n) is 9.91. The summed E-state index contributed by atoms with van der Waals surface area (Å²) in [6.07, 6.45) is 0. The quantitative estimate of drug-likeness (QED) is 0.464. The Hall–Kier alpha value is -1.42. The second-order valence-corrected chi connectivity index (χ2v) is 9.72. The van der Waals surface area contributed by atoms with Crippen LogP contribution in [-0.2, 0) is 0 Å². The Morgan fingerprint density at radius 3 is 1.00 bits per heavy atom. The Balaban J connectivity index is 2.45. The van der Waals surface area contributed by atoms with Gasteiger partial charge in [0.25, 0.3) is 0 Å². The summed E-state index contributed by atoms with van der Waals surface area (Å²) in [6.45, 7) is 16.0. The van der Waals surface area contributed by atoms with E-state index in [1.807, 2.05) is 0 Å². The lowest BCUT2D eigenvalue weighted by atomic mass is 9.33. The maximum absolute atomic E-state index is 2.86. The van der Waals surface area contributed by atoms with Crippen molar-refractivity contribution in [2.75, 3.05) is 0 Å². The normalized spacial score (nSPS) is 11.0. The highest BCUT2D eigenvalue weighted by Crippen LogP contribution is 2.14. The molecule has 0 aliphatic heterocycles. The van der Waals surface area contributed by atoms with Crippen molar-refractivity contribution in [3.05, 3.63) is 75.3 Å². The number of rotatable bonds is 3. The lowest BCUT2D eigenvalue weighted by Crippen LogP contribution is -2.57. The maximum Gasteiger partial charge on any atom is 0.243 e. The van der Waals surface area contributed by atoms with Crippen LogP contribution < -0.4 is 27.0 Å². The van der Waals surface area contributed by atoms with Gasteiger partial charge in [0.15, 0.2) is 0 Å². The van der Waals surface area contributed by atoms with Crippen LogP contribution in [0.4, 0.5) is 0 Å². The third-order valence-corrected chi connectivity index (χ3v) is 6.50. The van der Waals surface area contributed by atoms with E-state index < -0.39 is 0 Å². The molecule has 144 valence electrons. The molecule has 0 saturated carbocycles. The summed E-state index contributed by atoms with van der Waals surface area (Å²) in [5, 5.41) is 2.51. The van der Waals surface area contributed by atoms with Gasteiger partial charge in [-0.05, 0) is 59.1 Å². The molecule has 0 nitrogen and oxygen atoms in total. The summed E-state index contributed by atoms with van der Waals surface area (Å²) < 4.78 is 0. The Labute approximate surface area is 176 Å². The molecule has 0 amide bonds. The first kappa shape index (κ1) is 21.3. The van der Waals surface area contributed by atoms with Crippen molar-refractivity contribution in [1.29, 1.82) is 0 Å². The maximum atomic E-state index is 2.86. The van der Waals surface area contributed by atoms with Gasteiger partial charge in [-0.15, -0.1) is 18.5 Å². The molecule has 3 rings (SSSR count). The number of hydrogen-bond acceptors (Lipinski definition) is 0. The van der Waals surface area contributed by atoms with Crippen LogP contribution in [0.15, 0.2) is 36.4 Å². The number of benzene rings is 3. The van der Waals surface area contributed by atoms with Crippen molar-refractivity contribution in [2.24, 2.45) is 0 Å². The van der Waals surface area contributed by atoms with Gasteiger partial charge >= 0.3 is 0 Å². The zero-order chi connectivity index (χ0) is 20.7. The van der Waals surface area contributed by atoms with Gasteiger partial charge in [0, 0.05) is 0 Å². The van der Waals surface area contributed by atoms with Gasteiger partial charge < -0.3 is 0 Å². The van der Waals surface area contributed by atoms with E-state index in [1.165, 1.54) is 65.9 Å². The number of aryl methyl sites for hydroxylation is 7. The predicted molar refractivity (Wildman–Crippen MR) is 136 cm³/mol. The van der Waals surface area contributed by atoms with E-state index in [0.717, 1.165) is 0 Å². The highest BCUT2D eigenvalue weighted by Gasteiger charge is 2.30. The SMILES string of the molecule is Cc1cc(C)c(B(c2c(C)cc(P)cc2C)c2c(C)cc(P)cc2C)c(C)c1. The van der Waals surface area contributed by atoms with E-state index in [4.69, 9.17) is 0 Å². The standard InChI is InChI=1S/C25H31BP2/c1-14-8-15(2)23(16(3)9-14)26(24-17(4)10-21(27)11-18(24)5)25-19(6)12-22(28)13-20(25)7/h8-13H,27-28H2,1-7H3. The third-order valence-electron chi connectivity index (χ3n) is 5.84. The van der Waals surface area contributed by atoms with Crippen LogP contribution >= 0.6 is 18.5 Å². The fraction of sp³-hybridized carbons (Fsp3) is 0.280. The van der Waals surface area contributed by atoms with Gasteiger partial charge in [0.05, 0.1) is 0 Å². The first-order chi connectivity index (χ1) is 13.1. The molecule has 2 unspecified atom stereocenters. The molecule has 0 bridgehead atoms. The fourth-order valence-corrected chi connectivity index (χ4v) is 6.01. The molecule has 3 heteroatoms. The molecule has 28 heavy (non-hydrogen) atoms. The molecule has 0 spiro atoms. The van der Waals surface area contributed by atoms with Crippen LogP contribution in [0.25, 0.3) is 0 Å². The molecule has 0 N–H and O–H groups in total. The molecule has 3 aromatic carbocycles. The van der Waals surface area contributed by atoms with Gasteiger partial charge in [-0.1, -0.05) is 91.7 Å². The second kappa shape index (κ2) is 8.14. The Bertz CT molecular complexity index is 860. The summed E-state index contributed by atoms with van der Waals surface area (Å²) in [7, 11) is 5.71. The summed E-state index contributed by atoms with van der Waals surface area (Å²) in [5.74, 6) is 0. The molecule has 2 atom stereocenters. The van der Waals surface area contributed by atoms with E-state index in [0.29, 0.717) is 0 Å². The van der Waals surface area contributed by atoms with Gasteiger partial charge in [-0.2, -0.15) is 0 Å². The van der Waals surface area contributed by atoms with E-state index in [9.17, 15) is 0 Å². The average molecular weight is 404 g/mol. The topological polar surface area (TPSA) is 0 Å². The third kappa shape index (κ3) is 3.98. The van der Waals surface area contributed by atoms with Crippen LogP contribution in [0.3, 0.4) is 0 Å². The lowest BCUT2D eigenvalue weighted by molar-refractivity contribution is 1.35. The second-order valence-electron chi connectivity index (χ2n) is 8.38. The van der Waals surface area contributed by atoms with E-state index in [2.05, 4.69) is 103 Å². The minimum absolute atomic E-state index is 0.247. The lowest BCUT2D eigenvalue weighted by Gasteiger charge is -2.27. The number of hydrogen-bond donors (Lipinski definition) is 0. The minimum Gasteiger partial charge on any atom is -0.106 e. The van der Waals surface area contributed by atoms with Crippen molar-refractivity contribution in [3.63, 3.8) is 0 Å².